The maximum atomic E-state index is 13.4. The van der Waals surface area contributed by atoms with E-state index in [4.69, 9.17) is 0 Å². The zero-order valence-corrected chi connectivity index (χ0v) is 19.2. The fourth-order valence-electron chi connectivity index (χ4n) is 8.28. The van der Waals surface area contributed by atoms with Gasteiger partial charge in [0.2, 0.25) is 10.0 Å². The minimum atomic E-state index is -3.40. The van der Waals surface area contributed by atoms with Gasteiger partial charge >= 0.3 is 0 Å². The van der Waals surface area contributed by atoms with Crippen LogP contribution in [-0.4, -0.2) is 24.4 Å². The van der Waals surface area contributed by atoms with E-state index in [9.17, 15) is 13.5 Å². The van der Waals surface area contributed by atoms with Crippen LogP contribution in [-0.2, 0) is 10.0 Å². The van der Waals surface area contributed by atoms with Gasteiger partial charge in [-0.05, 0) is 112 Å². The van der Waals surface area contributed by atoms with Gasteiger partial charge < -0.3 is 5.11 Å². The van der Waals surface area contributed by atoms with Gasteiger partial charge in [0.25, 0.3) is 0 Å². The number of hydrogen-bond donors (Lipinski definition) is 2. The first-order valence-corrected chi connectivity index (χ1v) is 13.5. The molecule has 0 bridgehead atoms. The quantitative estimate of drug-likeness (QED) is 0.691. The summed E-state index contributed by atoms with van der Waals surface area (Å²) in [5.41, 5.74) is 0.0784. The number of aliphatic hydroxyl groups is 1. The molecule has 5 rings (SSSR count). The molecule has 4 aliphatic carbocycles. The highest BCUT2D eigenvalue weighted by Gasteiger charge is 2.60. The van der Waals surface area contributed by atoms with Gasteiger partial charge in [-0.1, -0.05) is 25.1 Å². The Hall–Kier alpha value is -1.07. The van der Waals surface area contributed by atoms with E-state index in [0.717, 1.165) is 50.4 Å². The zero-order valence-electron chi connectivity index (χ0n) is 18.4. The summed E-state index contributed by atoms with van der Waals surface area (Å²) < 4.78 is 29.7. The van der Waals surface area contributed by atoms with E-state index in [0.29, 0.717) is 23.4 Å². The molecule has 4 saturated carbocycles. The van der Waals surface area contributed by atoms with Crippen molar-refractivity contribution in [1.82, 2.24) is 0 Å². The van der Waals surface area contributed by atoms with Crippen molar-refractivity contribution in [3.05, 3.63) is 30.3 Å². The van der Waals surface area contributed by atoms with Crippen LogP contribution in [0.15, 0.2) is 30.3 Å². The van der Waals surface area contributed by atoms with E-state index in [-0.39, 0.29) is 10.7 Å². The van der Waals surface area contributed by atoms with Crippen LogP contribution in [0.25, 0.3) is 0 Å². The van der Waals surface area contributed by atoms with Crippen LogP contribution in [0.1, 0.15) is 71.6 Å². The van der Waals surface area contributed by atoms with Crippen molar-refractivity contribution in [1.29, 1.82) is 0 Å². The van der Waals surface area contributed by atoms with E-state index in [2.05, 4.69) is 11.6 Å². The van der Waals surface area contributed by atoms with Crippen molar-refractivity contribution in [3.8, 4) is 0 Å². The number of hydrogen-bond acceptors (Lipinski definition) is 3. The van der Waals surface area contributed by atoms with Gasteiger partial charge in [-0.3, -0.25) is 4.72 Å². The third-order valence-corrected chi connectivity index (χ3v) is 11.6. The van der Waals surface area contributed by atoms with Gasteiger partial charge in [0.05, 0.1) is 10.9 Å². The van der Waals surface area contributed by atoms with Crippen LogP contribution in [0.3, 0.4) is 0 Å². The number of anilines is 1. The molecule has 0 unspecified atom stereocenters. The molecule has 166 valence electrons. The Morgan fingerprint density at radius 1 is 0.900 bits per heavy atom. The molecule has 4 aliphatic rings. The number of benzene rings is 1. The number of nitrogens with one attached hydrogen (secondary N) is 1. The molecule has 1 aromatic carbocycles. The predicted octanol–water partition coefficient (Wildman–Crippen LogP) is 5.20. The molecule has 0 heterocycles. The third kappa shape index (κ3) is 3.40. The minimum absolute atomic E-state index is 0.116. The Balaban J connectivity index is 1.36. The monoisotopic (exact) mass is 431 g/mol. The van der Waals surface area contributed by atoms with Gasteiger partial charge in [0, 0.05) is 5.69 Å². The summed E-state index contributed by atoms with van der Waals surface area (Å²) in [4.78, 5) is 0. The molecule has 0 aromatic heterocycles. The fourth-order valence-corrected chi connectivity index (χ4v) is 10.3. The average molecular weight is 432 g/mol. The second kappa shape index (κ2) is 7.23. The highest BCUT2D eigenvalue weighted by Crippen LogP contribution is 2.64. The van der Waals surface area contributed by atoms with Crippen molar-refractivity contribution in [2.45, 2.75) is 82.5 Å². The van der Waals surface area contributed by atoms with Crippen molar-refractivity contribution in [2.75, 3.05) is 4.72 Å². The molecule has 4 nitrogen and oxygen atoms in total. The first kappa shape index (κ1) is 20.8. The molecule has 0 spiro atoms. The Kier molecular flexibility index (Phi) is 5.02. The molecule has 2 N–H and O–H groups in total. The van der Waals surface area contributed by atoms with Gasteiger partial charge in [0.1, 0.15) is 0 Å². The molecule has 4 fully saturated rings. The minimum Gasteiger partial charge on any atom is -0.390 e. The molecule has 1 aromatic rings. The van der Waals surface area contributed by atoms with Crippen LogP contribution in [0.5, 0.6) is 0 Å². The van der Waals surface area contributed by atoms with E-state index < -0.39 is 15.6 Å². The molecule has 5 heteroatoms. The van der Waals surface area contributed by atoms with E-state index in [1.54, 1.807) is 0 Å². The van der Waals surface area contributed by atoms with Gasteiger partial charge in [0.15, 0.2) is 0 Å². The maximum Gasteiger partial charge on any atom is 0.236 e. The van der Waals surface area contributed by atoms with Crippen molar-refractivity contribution in [3.63, 3.8) is 0 Å². The second-order valence-electron chi connectivity index (χ2n) is 11.3. The van der Waals surface area contributed by atoms with Crippen LogP contribution < -0.4 is 4.72 Å². The van der Waals surface area contributed by atoms with Crippen LogP contribution in [0.2, 0.25) is 0 Å². The average Bonchev–Trinajstić information content (AvgIpc) is 3.05. The van der Waals surface area contributed by atoms with E-state index in [1.165, 1.54) is 19.3 Å². The summed E-state index contributed by atoms with van der Waals surface area (Å²) >= 11 is 0. The molecule has 8 atom stereocenters. The molecular weight excluding hydrogens is 394 g/mol. The van der Waals surface area contributed by atoms with Gasteiger partial charge in [-0.15, -0.1) is 0 Å². The Morgan fingerprint density at radius 3 is 2.40 bits per heavy atom. The summed E-state index contributed by atoms with van der Waals surface area (Å²) in [5.74, 6) is 3.34. The SMILES string of the molecule is C[C@@]1(O)CC[C@H]2[C@H](CC[C@@H]3[C@@H]2CC[C@@]2(C)[C@H]3CC[C@@H]2S(=O)(=O)Nc2ccccc2)C1. The second-order valence-corrected chi connectivity index (χ2v) is 13.2. The number of fused-ring (bicyclic) bond motifs is 5. The van der Waals surface area contributed by atoms with E-state index >= 15 is 0 Å². The summed E-state index contributed by atoms with van der Waals surface area (Å²) in [5, 5.41) is 10.3. The normalized spacial score (nSPS) is 45.8. The lowest BCUT2D eigenvalue weighted by molar-refractivity contribution is -0.0934. The lowest BCUT2D eigenvalue weighted by Gasteiger charge is -2.56. The third-order valence-electron chi connectivity index (χ3n) is 9.56. The Morgan fingerprint density at radius 2 is 1.63 bits per heavy atom. The maximum absolute atomic E-state index is 13.4. The summed E-state index contributed by atoms with van der Waals surface area (Å²) in [7, 11) is -3.40. The van der Waals surface area contributed by atoms with Crippen LogP contribution in [0, 0.1) is 35.0 Å². The molecule has 0 radical (unpaired) electrons. The van der Waals surface area contributed by atoms with Gasteiger partial charge in [-0.2, -0.15) is 0 Å². The Labute approximate surface area is 181 Å². The molecule has 0 aliphatic heterocycles. The van der Waals surface area contributed by atoms with E-state index in [1.807, 2.05) is 37.3 Å². The van der Waals surface area contributed by atoms with Crippen molar-refractivity contribution < 1.29 is 13.5 Å². The standard InChI is InChI=1S/C25H37NO3S/c1-24(27)14-12-19-17(16-24)8-9-21-20(19)13-15-25(2)22(21)10-11-23(25)30(28,29)26-18-6-4-3-5-7-18/h3-7,17,19-23,26-27H,8-16H2,1-2H3/t17-,19+,20-,21-,22+,23+,24-,25+/m1/s1. The van der Waals surface area contributed by atoms with Crippen molar-refractivity contribution >= 4 is 15.7 Å². The molecular formula is C25H37NO3S. The van der Waals surface area contributed by atoms with Crippen molar-refractivity contribution in [2.24, 2.45) is 35.0 Å². The first-order valence-electron chi connectivity index (χ1n) is 12.0. The summed E-state index contributed by atoms with van der Waals surface area (Å²) in [6.45, 7) is 4.28. The first-order chi connectivity index (χ1) is 14.2. The predicted molar refractivity (Wildman–Crippen MR) is 121 cm³/mol. The highest BCUT2D eigenvalue weighted by atomic mass is 32.2. The topological polar surface area (TPSA) is 66.4 Å². The van der Waals surface area contributed by atoms with Crippen LogP contribution >= 0.6 is 0 Å². The smallest absolute Gasteiger partial charge is 0.236 e. The number of sulfonamides is 1. The molecule has 30 heavy (non-hydrogen) atoms. The lowest BCUT2D eigenvalue weighted by atomic mass is 9.50. The Bertz CT molecular complexity index is 883. The molecule has 0 amide bonds. The fraction of sp³-hybridized carbons (Fsp3) is 0.760. The van der Waals surface area contributed by atoms with Gasteiger partial charge in [-0.25, -0.2) is 8.42 Å². The lowest BCUT2D eigenvalue weighted by Crippen LogP contribution is -2.52. The number of rotatable bonds is 3. The summed E-state index contributed by atoms with van der Waals surface area (Å²) in [6, 6.07) is 9.34. The summed E-state index contributed by atoms with van der Waals surface area (Å²) in [6.07, 6.45) is 9.51. The van der Waals surface area contributed by atoms with Crippen LogP contribution in [0.4, 0.5) is 5.69 Å². The zero-order chi connectivity index (χ0) is 21.1. The number of para-hydroxylation sites is 1. The largest absolute Gasteiger partial charge is 0.390 e. The highest BCUT2D eigenvalue weighted by molar-refractivity contribution is 7.93. The molecule has 0 saturated heterocycles.